The number of nitrogens with one attached hydrogen (secondary N) is 2. The van der Waals surface area contributed by atoms with Gasteiger partial charge in [-0.05, 0) is 25.5 Å². The van der Waals surface area contributed by atoms with Crippen molar-refractivity contribution >= 4 is 27.8 Å². The average molecular weight is 326 g/mol. The summed E-state index contributed by atoms with van der Waals surface area (Å²) in [5.41, 5.74) is 2.86. The van der Waals surface area contributed by atoms with E-state index in [1.165, 1.54) is 10.9 Å². The van der Waals surface area contributed by atoms with Gasteiger partial charge in [-0.3, -0.25) is 14.2 Å². The quantitative estimate of drug-likeness (QED) is 0.683. The number of amides is 1. The topological polar surface area (TPSA) is 79.8 Å². The second-order valence-corrected chi connectivity index (χ2v) is 6.13. The van der Waals surface area contributed by atoms with Crippen LogP contribution in [0, 0.1) is 6.92 Å². The highest BCUT2D eigenvalue weighted by molar-refractivity contribution is 6.04. The minimum atomic E-state index is -0.224. The number of aryl methyl sites for hydroxylation is 1. The predicted molar refractivity (Wildman–Crippen MR) is 95.1 cm³/mol. The van der Waals surface area contributed by atoms with E-state index in [1.807, 2.05) is 25.1 Å². The Morgan fingerprint density at radius 1 is 1.33 bits per heavy atom. The molecule has 1 amide bonds. The number of H-pyrrole nitrogens is 1. The van der Waals surface area contributed by atoms with Gasteiger partial charge in [-0.25, -0.2) is 4.98 Å². The summed E-state index contributed by atoms with van der Waals surface area (Å²) in [6, 6.07) is 5.93. The summed E-state index contributed by atoms with van der Waals surface area (Å²) in [7, 11) is 0. The zero-order valence-electron chi connectivity index (χ0n) is 14.1. The average Bonchev–Trinajstić information content (AvgIpc) is 2.93. The van der Waals surface area contributed by atoms with Crippen molar-refractivity contribution in [2.24, 2.45) is 0 Å². The van der Waals surface area contributed by atoms with E-state index in [0.29, 0.717) is 17.6 Å². The molecule has 6 nitrogen and oxygen atoms in total. The molecule has 0 aliphatic carbocycles. The molecule has 2 N–H and O–H groups in total. The Bertz CT molecular complexity index is 939. The van der Waals surface area contributed by atoms with Gasteiger partial charge in [-0.2, -0.15) is 0 Å². The highest BCUT2D eigenvalue weighted by Gasteiger charge is 2.12. The van der Waals surface area contributed by atoms with E-state index in [2.05, 4.69) is 22.2 Å². The van der Waals surface area contributed by atoms with E-state index in [-0.39, 0.29) is 18.0 Å². The summed E-state index contributed by atoms with van der Waals surface area (Å²) in [6.45, 7) is 4.75. The molecule has 0 radical (unpaired) electrons. The molecule has 0 bridgehead atoms. The molecule has 24 heavy (non-hydrogen) atoms. The number of aromatic nitrogens is 3. The van der Waals surface area contributed by atoms with E-state index in [1.54, 1.807) is 0 Å². The Hall–Kier alpha value is -2.63. The molecule has 2 aromatic heterocycles. The Morgan fingerprint density at radius 2 is 2.17 bits per heavy atom. The third-order valence-corrected chi connectivity index (χ3v) is 4.14. The van der Waals surface area contributed by atoms with E-state index in [4.69, 9.17) is 0 Å². The van der Waals surface area contributed by atoms with Crippen LogP contribution in [0.1, 0.15) is 31.7 Å². The number of aromatic amines is 1. The summed E-state index contributed by atoms with van der Waals surface area (Å²) in [6.07, 6.45) is 4.60. The number of nitrogens with zero attached hydrogens (tertiary/aromatic N) is 2. The third kappa shape index (κ3) is 3.18. The standard InChI is InChI=1S/C18H22N4O2/c1-3-4-5-8-19-15(23)10-22-11-20-16-13-9-12(2)6-7-14(13)21-17(16)18(22)24/h6-7,9,11,21H,3-5,8,10H2,1-2H3,(H,19,23). The van der Waals surface area contributed by atoms with Crippen LogP contribution < -0.4 is 10.9 Å². The summed E-state index contributed by atoms with van der Waals surface area (Å²) in [4.78, 5) is 32.1. The van der Waals surface area contributed by atoms with Gasteiger partial charge in [0.2, 0.25) is 5.91 Å². The van der Waals surface area contributed by atoms with Crippen LogP contribution in [0.25, 0.3) is 21.9 Å². The molecule has 0 atom stereocenters. The number of carbonyl (C=O) groups is 1. The molecular formula is C18H22N4O2. The number of hydrogen-bond donors (Lipinski definition) is 2. The molecule has 3 aromatic rings. The van der Waals surface area contributed by atoms with Crippen molar-refractivity contribution in [1.29, 1.82) is 0 Å². The van der Waals surface area contributed by atoms with Crippen LogP contribution in [0.2, 0.25) is 0 Å². The number of carbonyl (C=O) groups excluding carboxylic acids is 1. The highest BCUT2D eigenvalue weighted by atomic mass is 16.2. The van der Waals surface area contributed by atoms with Crippen LogP contribution in [-0.2, 0) is 11.3 Å². The molecule has 0 aliphatic rings. The van der Waals surface area contributed by atoms with Crippen molar-refractivity contribution in [2.45, 2.75) is 39.7 Å². The summed E-state index contributed by atoms with van der Waals surface area (Å²) < 4.78 is 1.35. The molecular weight excluding hydrogens is 304 g/mol. The minimum Gasteiger partial charge on any atom is -0.355 e. The van der Waals surface area contributed by atoms with Gasteiger partial charge in [0.05, 0.1) is 6.33 Å². The van der Waals surface area contributed by atoms with Crippen molar-refractivity contribution in [1.82, 2.24) is 19.9 Å². The van der Waals surface area contributed by atoms with Crippen LogP contribution >= 0.6 is 0 Å². The molecule has 0 saturated heterocycles. The molecule has 2 heterocycles. The number of hydrogen-bond acceptors (Lipinski definition) is 3. The first-order chi connectivity index (χ1) is 11.6. The minimum absolute atomic E-state index is 0.0116. The first-order valence-electron chi connectivity index (χ1n) is 8.34. The maximum Gasteiger partial charge on any atom is 0.278 e. The largest absolute Gasteiger partial charge is 0.355 e. The van der Waals surface area contributed by atoms with Gasteiger partial charge in [0.15, 0.2) is 0 Å². The van der Waals surface area contributed by atoms with E-state index < -0.39 is 0 Å². The highest BCUT2D eigenvalue weighted by Crippen LogP contribution is 2.22. The normalized spacial score (nSPS) is 11.2. The van der Waals surface area contributed by atoms with Gasteiger partial charge in [0.25, 0.3) is 5.56 Å². The fraction of sp³-hybridized carbons (Fsp3) is 0.389. The first kappa shape index (κ1) is 16.2. The first-order valence-corrected chi connectivity index (χ1v) is 8.34. The molecule has 0 unspecified atom stereocenters. The Kier molecular flexibility index (Phi) is 4.64. The molecule has 3 rings (SSSR count). The molecule has 1 aromatic carbocycles. The maximum atomic E-state index is 12.6. The lowest BCUT2D eigenvalue weighted by Gasteiger charge is -2.06. The van der Waals surface area contributed by atoms with Gasteiger partial charge in [0, 0.05) is 17.4 Å². The third-order valence-electron chi connectivity index (χ3n) is 4.14. The lowest BCUT2D eigenvalue weighted by Crippen LogP contribution is -2.33. The van der Waals surface area contributed by atoms with Crippen molar-refractivity contribution in [3.63, 3.8) is 0 Å². The second kappa shape index (κ2) is 6.86. The lowest BCUT2D eigenvalue weighted by atomic mass is 10.2. The van der Waals surface area contributed by atoms with E-state index in [0.717, 1.165) is 35.7 Å². The molecule has 0 aliphatic heterocycles. The van der Waals surface area contributed by atoms with Gasteiger partial charge < -0.3 is 10.3 Å². The van der Waals surface area contributed by atoms with E-state index in [9.17, 15) is 9.59 Å². The molecule has 0 fully saturated rings. The fourth-order valence-electron chi connectivity index (χ4n) is 2.83. The summed E-state index contributed by atoms with van der Waals surface area (Å²) >= 11 is 0. The zero-order chi connectivity index (χ0) is 17.1. The van der Waals surface area contributed by atoms with Crippen LogP contribution in [0.3, 0.4) is 0 Å². The Morgan fingerprint density at radius 3 is 2.96 bits per heavy atom. The smallest absolute Gasteiger partial charge is 0.278 e. The molecule has 0 spiro atoms. The van der Waals surface area contributed by atoms with Crippen molar-refractivity contribution in [3.8, 4) is 0 Å². The molecule has 126 valence electrons. The van der Waals surface area contributed by atoms with Crippen molar-refractivity contribution in [2.75, 3.05) is 6.54 Å². The summed E-state index contributed by atoms with van der Waals surface area (Å²) in [5.74, 6) is -0.165. The monoisotopic (exact) mass is 326 g/mol. The van der Waals surface area contributed by atoms with Gasteiger partial charge in [0.1, 0.15) is 17.6 Å². The van der Waals surface area contributed by atoms with Crippen molar-refractivity contribution in [3.05, 3.63) is 40.4 Å². The van der Waals surface area contributed by atoms with Crippen LogP contribution in [0.5, 0.6) is 0 Å². The van der Waals surface area contributed by atoms with Gasteiger partial charge in [-0.15, -0.1) is 0 Å². The number of unbranched alkanes of at least 4 members (excludes halogenated alkanes) is 2. The number of benzene rings is 1. The summed E-state index contributed by atoms with van der Waals surface area (Å²) in [5, 5.41) is 3.77. The van der Waals surface area contributed by atoms with E-state index >= 15 is 0 Å². The molecule has 6 heteroatoms. The van der Waals surface area contributed by atoms with Crippen LogP contribution in [0.4, 0.5) is 0 Å². The maximum absolute atomic E-state index is 12.6. The predicted octanol–water partition coefficient (Wildman–Crippen LogP) is 2.49. The fourth-order valence-corrected chi connectivity index (χ4v) is 2.83. The van der Waals surface area contributed by atoms with Crippen LogP contribution in [-0.4, -0.2) is 27.0 Å². The van der Waals surface area contributed by atoms with Gasteiger partial charge in [-0.1, -0.05) is 31.4 Å². The van der Waals surface area contributed by atoms with Gasteiger partial charge >= 0.3 is 0 Å². The Balaban J connectivity index is 1.85. The van der Waals surface area contributed by atoms with Crippen molar-refractivity contribution < 1.29 is 4.79 Å². The molecule has 0 saturated carbocycles. The van der Waals surface area contributed by atoms with Crippen LogP contribution in [0.15, 0.2) is 29.3 Å². The Labute approximate surface area is 139 Å². The lowest BCUT2D eigenvalue weighted by molar-refractivity contribution is -0.121. The number of rotatable bonds is 6. The zero-order valence-corrected chi connectivity index (χ0v) is 14.1. The number of fused-ring (bicyclic) bond motifs is 3. The second-order valence-electron chi connectivity index (χ2n) is 6.13. The SMILES string of the molecule is CCCCCNC(=O)Cn1cnc2c([nH]c3ccc(C)cc32)c1=O.